The quantitative estimate of drug-likeness (QED) is 0.821. The van der Waals surface area contributed by atoms with E-state index >= 15 is 0 Å². The Balaban J connectivity index is 2.20. The number of thiophene rings is 2. The fourth-order valence-electron chi connectivity index (χ4n) is 1.12. The summed E-state index contributed by atoms with van der Waals surface area (Å²) >= 11 is 9.33. The molecule has 0 atom stereocenters. The normalized spacial score (nSPS) is 9.94. The van der Waals surface area contributed by atoms with Crippen LogP contribution < -0.4 is 5.32 Å². The summed E-state index contributed by atoms with van der Waals surface area (Å²) in [5.41, 5.74) is 0.484. The molecule has 0 fully saturated rings. The van der Waals surface area contributed by atoms with Crippen LogP contribution in [-0.2, 0) is 0 Å². The fraction of sp³-hybridized carbons (Fsp3) is 0. The fourth-order valence-corrected chi connectivity index (χ4v) is 3.78. The van der Waals surface area contributed by atoms with E-state index in [0.717, 1.165) is 8.26 Å². The number of nitriles is 1. The molecular weight excluding hydrogens is 388 g/mol. The molecular formula is C10H4Br2N2OS2. The van der Waals surface area contributed by atoms with E-state index in [1.165, 1.54) is 22.7 Å². The van der Waals surface area contributed by atoms with Gasteiger partial charge in [0, 0.05) is 4.47 Å². The third-order valence-electron chi connectivity index (χ3n) is 1.88. The van der Waals surface area contributed by atoms with Crippen molar-refractivity contribution in [1.82, 2.24) is 0 Å². The average molecular weight is 392 g/mol. The molecule has 0 aliphatic carbocycles. The molecule has 0 bridgehead atoms. The van der Waals surface area contributed by atoms with Gasteiger partial charge in [-0.05, 0) is 49.4 Å². The summed E-state index contributed by atoms with van der Waals surface area (Å²) in [5, 5.41) is 13.9. The molecule has 1 N–H and O–H groups in total. The molecule has 0 unspecified atom stereocenters. The molecule has 17 heavy (non-hydrogen) atoms. The summed E-state index contributed by atoms with van der Waals surface area (Å²) in [7, 11) is 0. The van der Waals surface area contributed by atoms with Crippen molar-refractivity contribution in [3.8, 4) is 6.07 Å². The van der Waals surface area contributed by atoms with Gasteiger partial charge in [0.2, 0.25) is 0 Å². The highest BCUT2D eigenvalue weighted by molar-refractivity contribution is 9.13. The van der Waals surface area contributed by atoms with Crippen molar-refractivity contribution in [3.05, 3.63) is 36.2 Å². The largest absolute Gasteiger partial charge is 0.312 e. The van der Waals surface area contributed by atoms with Gasteiger partial charge in [0.25, 0.3) is 5.91 Å². The van der Waals surface area contributed by atoms with E-state index in [1.807, 2.05) is 6.07 Å². The van der Waals surface area contributed by atoms with Crippen LogP contribution in [-0.4, -0.2) is 5.91 Å². The molecule has 1 amide bonds. The van der Waals surface area contributed by atoms with Gasteiger partial charge < -0.3 is 5.32 Å². The maximum absolute atomic E-state index is 11.9. The Bertz CT molecular complexity index is 593. The van der Waals surface area contributed by atoms with Crippen LogP contribution in [0.3, 0.4) is 0 Å². The van der Waals surface area contributed by atoms with E-state index in [4.69, 9.17) is 5.26 Å². The molecule has 7 heteroatoms. The topological polar surface area (TPSA) is 52.9 Å². The minimum atomic E-state index is -0.208. The molecule has 2 aromatic heterocycles. The molecule has 0 saturated heterocycles. The summed E-state index contributed by atoms with van der Waals surface area (Å²) in [6.45, 7) is 0. The Kier molecular flexibility index (Phi) is 3.99. The van der Waals surface area contributed by atoms with Gasteiger partial charge in [0.15, 0.2) is 0 Å². The number of nitrogens with one attached hydrogen (secondary N) is 1. The molecule has 0 saturated carbocycles. The zero-order chi connectivity index (χ0) is 12.4. The highest BCUT2D eigenvalue weighted by atomic mass is 79.9. The zero-order valence-electron chi connectivity index (χ0n) is 8.16. The van der Waals surface area contributed by atoms with Crippen molar-refractivity contribution >= 4 is 65.4 Å². The molecule has 2 rings (SSSR count). The highest BCUT2D eigenvalue weighted by Crippen LogP contribution is 2.33. The van der Waals surface area contributed by atoms with E-state index < -0.39 is 0 Å². The second-order valence-corrected chi connectivity index (χ2v) is 7.10. The third-order valence-corrected chi connectivity index (χ3v) is 5.97. The molecule has 2 aromatic rings. The van der Waals surface area contributed by atoms with Crippen LogP contribution in [0.1, 0.15) is 15.2 Å². The van der Waals surface area contributed by atoms with Crippen molar-refractivity contribution in [1.29, 1.82) is 5.26 Å². The van der Waals surface area contributed by atoms with E-state index in [2.05, 4.69) is 37.2 Å². The maximum Gasteiger partial charge on any atom is 0.266 e. The van der Waals surface area contributed by atoms with E-state index in [9.17, 15) is 4.79 Å². The van der Waals surface area contributed by atoms with E-state index in [-0.39, 0.29) is 5.91 Å². The molecule has 0 aliphatic heterocycles. The lowest BCUT2D eigenvalue weighted by Crippen LogP contribution is -2.09. The lowest BCUT2D eigenvalue weighted by Gasteiger charge is -1.99. The summed E-state index contributed by atoms with van der Waals surface area (Å²) < 4.78 is 1.72. The predicted molar refractivity (Wildman–Crippen MR) is 76.7 cm³/mol. The van der Waals surface area contributed by atoms with Crippen LogP contribution in [0, 0.1) is 11.3 Å². The number of hydrogen-bond acceptors (Lipinski definition) is 4. The summed E-state index contributed by atoms with van der Waals surface area (Å²) in [6, 6.07) is 5.45. The van der Waals surface area contributed by atoms with Gasteiger partial charge in [0.1, 0.15) is 11.1 Å². The lowest BCUT2D eigenvalue weighted by molar-refractivity contribution is 0.103. The minimum Gasteiger partial charge on any atom is -0.312 e. The Morgan fingerprint density at radius 3 is 2.82 bits per heavy atom. The van der Waals surface area contributed by atoms with E-state index in [1.54, 1.807) is 17.5 Å². The summed E-state index contributed by atoms with van der Waals surface area (Å²) in [4.78, 5) is 12.5. The molecule has 86 valence electrons. The maximum atomic E-state index is 11.9. The van der Waals surface area contributed by atoms with Crippen LogP contribution in [0.2, 0.25) is 0 Å². The smallest absolute Gasteiger partial charge is 0.266 e. The average Bonchev–Trinajstić information content (AvgIpc) is 2.86. The monoisotopic (exact) mass is 390 g/mol. The summed E-state index contributed by atoms with van der Waals surface area (Å²) in [6.07, 6.45) is 0. The van der Waals surface area contributed by atoms with Crippen LogP contribution in [0.4, 0.5) is 5.00 Å². The van der Waals surface area contributed by atoms with E-state index in [0.29, 0.717) is 15.4 Å². The van der Waals surface area contributed by atoms with Crippen LogP contribution >= 0.6 is 54.5 Å². The van der Waals surface area contributed by atoms with Crippen molar-refractivity contribution in [2.75, 3.05) is 5.32 Å². The number of hydrogen-bond donors (Lipinski definition) is 1. The van der Waals surface area contributed by atoms with Crippen LogP contribution in [0.15, 0.2) is 25.8 Å². The number of amides is 1. The molecule has 0 spiro atoms. The second kappa shape index (κ2) is 5.31. The van der Waals surface area contributed by atoms with Gasteiger partial charge in [-0.1, -0.05) is 0 Å². The van der Waals surface area contributed by atoms with Crippen LogP contribution in [0.25, 0.3) is 0 Å². The highest BCUT2D eigenvalue weighted by Gasteiger charge is 2.14. The van der Waals surface area contributed by atoms with Crippen molar-refractivity contribution in [2.24, 2.45) is 0 Å². The number of anilines is 1. The summed E-state index contributed by atoms with van der Waals surface area (Å²) in [5.74, 6) is -0.208. The van der Waals surface area contributed by atoms with Crippen molar-refractivity contribution in [3.63, 3.8) is 0 Å². The van der Waals surface area contributed by atoms with Gasteiger partial charge in [-0.2, -0.15) is 5.26 Å². The van der Waals surface area contributed by atoms with Crippen LogP contribution in [0.5, 0.6) is 0 Å². The number of carbonyl (C=O) groups excluding carboxylic acids is 1. The van der Waals surface area contributed by atoms with Gasteiger partial charge in [-0.15, -0.1) is 22.7 Å². The number of halogens is 2. The number of carbonyl (C=O) groups is 1. The van der Waals surface area contributed by atoms with Gasteiger partial charge in [0.05, 0.1) is 14.2 Å². The first-order chi connectivity index (χ1) is 8.11. The first-order valence-electron chi connectivity index (χ1n) is 4.35. The standard InChI is InChI=1S/C10H4Br2N2OS2/c11-6-3-7(17-8(6)12)9(15)14-10-5(4-13)1-2-16-10/h1-3H,(H,14,15). The Hall–Kier alpha value is -0.680. The Morgan fingerprint density at radius 1 is 1.47 bits per heavy atom. The Labute approximate surface area is 122 Å². The lowest BCUT2D eigenvalue weighted by atomic mass is 10.3. The van der Waals surface area contributed by atoms with Crippen molar-refractivity contribution in [2.45, 2.75) is 0 Å². The van der Waals surface area contributed by atoms with Crippen molar-refractivity contribution < 1.29 is 4.79 Å². The third kappa shape index (κ3) is 2.77. The predicted octanol–water partition coefficient (Wildman–Crippen LogP) is 4.46. The molecule has 3 nitrogen and oxygen atoms in total. The van der Waals surface area contributed by atoms with Gasteiger partial charge >= 0.3 is 0 Å². The second-order valence-electron chi connectivity index (χ2n) is 2.96. The number of rotatable bonds is 2. The Morgan fingerprint density at radius 2 is 2.24 bits per heavy atom. The first-order valence-corrected chi connectivity index (χ1v) is 7.64. The van der Waals surface area contributed by atoms with Gasteiger partial charge in [-0.25, -0.2) is 0 Å². The molecule has 0 radical (unpaired) electrons. The molecule has 0 aliphatic rings. The first kappa shape index (κ1) is 12.8. The minimum absolute atomic E-state index is 0.208. The zero-order valence-corrected chi connectivity index (χ0v) is 13.0. The molecule has 2 heterocycles. The van der Waals surface area contributed by atoms with Gasteiger partial charge in [-0.3, -0.25) is 4.79 Å². The molecule has 0 aromatic carbocycles. The SMILES string of the molecule is N#Cc1ccsc1NC(=O)c1cc(Br)c(Br)s1. The number of nitrogens with zero attached hydrogens (tertiary/aromatic N) is 1.